The second-order valence-corrected chi connectivity index (χ2v) is 7.57. The fourth-order valence-electron chi connectivity index (χ4n) is 1.64. The molecular formula is C11H12Br2N4O2S. The van der Waals surface area contributed by atoms with Crippen LogP contribution in [-0.4, -0.2) is 18.6 Å². The molecule has 0 saturated heterocycles. The van der Waals surface area contributed by atoms with Crippen molar-refractivity contribution in [2.75, 3.05) is 5.73 Å². The summed E-state index contributed by atoms with van der Waals surface area (Å²) in [6.45, 7) is 1.99. The van der Waals surface area contributed by atoms with Gasteiger partial charge in [0.1, 0.15) is 4.90 Å². The zero-order chi connectivity index (χ0) is 14.9. The number of aromatic nitrogens is 2. The SMILES string of the molecule is Cc1[nH]ncc1CNS(=O)(=O)c1c(Br)cc(N)cc1Br. The average Bonchev–Trinajstić information content (AvgIpc) is 2.70. The van der Waals surface area contributed by atoms with Gasteiger partial charge in [0, 0.05) is 32.4 Å². The van der Waals surface area contributed by atoms with Crippen LogP contribution in [0.5, 0.6) is 0 Å². The van der Waals surface area contributed by atoms with Gasteiger partial charge >= 0.3 is 0 Å². The van der Waals surface area contributed by atoms with Crippen LogP contribution in [0, 0.1) is 6.92 Å². The van der Waals surface area contributed by atoms with Gasteiger partial charge in [-0.05, 0) is 50.9 Å². The minimum atomic E-state index is -3.67. The summed E-state index contributed by atoms with van der Waals surface area (Å²) in [4.78, 5) is 0.118. The largest absolute Gasteiger partial charge is 0.399 e. The molecule has 2 rings (SSSR count). The van der Waals surface area contributed by atoms with Gasteiger partial charge in [-0.15, -0.1) is 0 Å². The van der Waals surface area contributed by atoms with Crippen molar-refractivity contribution in [1.29, 1.82) is 0 Å². The number of hydrogen-bond acceptors (Lipinski definition) is 4. The molecule has 20 heavy (non-hydrogen) atoms. The summed E-state index contributed by atoms with van der Waals surface area (Å²) >= 11 is 6.44. The average molecular weight is 424 g/mol. The number of sulfonamides is 1. The van der Waals surface area contributed by atoms with Crippen LogP contribution in [0.25, 0.3) is 0 Å². The Morgan fingerprint density at radius 3 is 2.45 bits per heavy atom. The monoisotopic (exact) mass is 422 g/mol. The first-order valence-electron chi connectivity index (χ1n) is 5.54. The van der Waals surface area contributed by atoms with Gasteiger partial charge in [0.15, 0.2) is 0 Å². The lowest BCUT2D eigenvalue weighted by Gasteiger charge is -2.11. The highest BCUT2D eigenvalue weighted by molar-refractivity contribution is 9.11. The van der Waals surface area contributed by atoms with Gasteiger partial charge in [-0.3, -0.25) is 5.10 Å². The Labute approximate surface area is 133 Å². The molecular weight excluding hydrogens is 412 g/mol. The lowest BCUT2D eigenvalue weighted by atomic mass is 10.3. The number of hydrogen-bond donors (Lipinski definition) is 3. The van der Waals surface area contributed by atoms with E-state index in [4.69, 9.17) is 5.73 Å². The Hall–Kier alpha value is -0.900. The fraction of sp³-hybridized carbons (Fsp3) is 0.182. The summed E-state index contributed by atoms with van der Waals surface area (Å²) < 4.78 is 28.0. The predicted octanol–water partition coefficient (Wildman–Crippen LogP) is 2.30. The number of nitrogens with one attached hydrogen (secondary N) is 2. The van der Waals surface area contributed by atoms with Crippen LogP contribution in [-0.2, 0) is 16.6 Å². The van der Waals surface area contributed by atoms with Gasteiger partial charge in [0.2, 0.25) is 10.0 Å². The highest BCUT2D eigenvalue weighted by Crippen LogP contribution is 2.32. The summed E-state index contributed by atoms with van der Waals surface area (Å²) in [5.74, 6) is 0. The van der Waals surface area contributed by atoms with E-state index in [9.17, 15) is 8.42 Å². The molecule has 0 atom stereocenters. The van der Waals surface area contributed by atoms with Crippen LogP contribution in [0.1, 0.15) is 11.3 Å². The molecule has 0 amide bonds. The standard InChI is InChI=1S/C11H12Br2N4O2S/c1-6-7(4-15-17-6)5-16-20(18,19)11-9(12)2-8(14)3-10(11)13/h2-4,16H,5,14H2,1H3,(H,15,17). The van der Waals surface area contributed by atoms with E-state index in [1.165, 1.54) is 0 Å². The van der Waals surface area contributed by atoms with Gasteiger partial charge in [-0.1, -0.05) is 0 Å². The Bertz CT molecular complexity index is 720. The molecule has 0 fully saturated rings. The first kappa shape index (κ1) is 15.5. The van der Waals surface area contributed by atoms with E-state index in [-0.39, 0.29) is 11.4 Å². The Morgan fingerprint density at radius 2 is 1.95 bits per heavy atom. The third-order valence-electron chi connectivity index (χ3n) is 2.68. The third kappa shape index (κ3) is 3.22. The van der Waals surface area contributed by atoms with Crippen molar-refractivity contribution in [3.05, 3.63) is 38.5 Å². The number of aromatic amines is 1. The van der Waals surface area contributed by atoms with E-state index in [0.29, 0.717) is 14.6 Å². The number of nitrogens with zero attached hydrogens (tertiary/aromatic N) is 1. The van der Waals surface area contributed by atoms with Crippen LogP contribution >= 0.6 is 31.9 Å². The maximum atomic E-state index is 12.3. The molecule has 0 aliphatic rings. The summed E-state index contributed by atoms with van der Waals surface area (Å²) in [5, 5.41) is 6.60. The highest BCUT2D eigenvalue weighted by Gasteiger charge is 2.21. The van der Waals surface area contributed by atoms with E-state index in [0.717, 1.165) is 11.3 Å². The normalized spacial score (nSPS) is 11.8. The van der Waals surface area contributed by atoms with Gasteiger partial charge in [-0.25, -0.2) is 13.1 Å². The lowest BCUT2D eigenvalue weighted by molar-refractivity contribution is 0.580. The summed E-state index contributed by atoms with van der Waals surface area (Å²) in [6, 6.07) is 3.09. The molecule has 0 bridgehead atoms. The van der Waals surface area contributed by atoms with Crippen molar-refractivity contribution in [3.8, 4) is 0 Å². The minimum Gasteiger partial charge on any atom is -0.399 e. The number of aryl methyl sites for hydroxylation is 1. The van der Waals surface area contributed by atoms with Crippen LogP contribution < -0.4 is 10.5 Å². The third-order valence-corrected chi connectivity index (χ3v) is 5.95. The van der Waals surface area contributed by atoms with Gasteiger partial charge in [0.25, 0.3) is 0 Å². The van der Waals surface area contributed by atoms with Crippen LogP contribution in [0.3, 0.4) is 0 Å². The molecule has 0 aliphatic carbocycles. The molecule has 1 aromatic heterocycles. The molecule has 0 unspecified atom stereocenters. The number of nitrogens with two attached hydrogens (primary N) is 1. The van der Waals surface area contributed by atoms with Crippen molar-refractivity contribution in [1.82, 2.24) is 14.9 Å². The topological polar surface area (TPSA) is 101 Å². The number of H-pyrrole nitrogens is 1. The lowest BCUT2D eigenvalue weighted by Crippen LogP contribution is -2.24. The first-order chi connectivity index (χ1) is 9.31. The summed E-state index contributed by atoms with van der Waals surface area (Å²) in [5.41, 5.74) is 7.73. The predicted molar refractivity (Wildman–Crippen MR) is 83.6 cm³/mol. The number of rotatable bonds is 4. The smallest absolute Gasteiger partial charge is 0.243 e. The fourth-order valence-corrected chi connectivity index (χ4v) is 5.26. The van der Waals surface area contributed by atoms with Gasteiger partial charge in [-0.2, -0.15) is 5.10 Å². The molecule has 1 aromatic carbocycles. The zero-order valence-electron chi connectivity index (χ0n) is 10.4. The maximum Gasteiger partial charge on any atom is 0.243 e. The number of halogens is 2. The second-order valence-electron chi connectivity index (χ2n) is 4.16. The number of nitrogen functional groups attached to an aromatic ring is 1. The molecule has 0 spiro atoms. The summed E-state index contributed by atoms with van der Waals surface area (Å²) in [6.07, 6.45) is 1.59. The molecule has 0 aliphatic heterocycles. The van der Waals surface area contributed by atoms with Crippen LogP contribution in [0.15, 0.2) is 32.2 Å². The van der Waals surface area contributed by atoms with Gasteiger partial charge in [0.05, 0.1) is 6.20 Å². The molecule has 1 heterocycles. The maximum absolute atomic E-state index is 12.3. The van der Waals surface area contributed by atoms with Crippen molar-refractivity contribution in [2.24, 2.45) is 0 Å². The van der Waals surface area contributed by atoms with Gasteiger partial charge < -0.3 is 5.73 Å². The quantitative estimate of drug-likeness (QED) is 0.656. The first-order valence-corrected chi connectivity index (χ1v) is 8.61. The number of anilines is 1. The zero-order valence-corrected chi connectivity index (χ0v) is 14.4. The van der Waals surface area contributed by atoms with E-state index in [2.05, 4.69) is 46.8 Å². The van der Waals surface area contributed by atoms with Crippen molar-refractivity contribution in [3.63, 3.8) is 0 Å². The molecule has 9 heteroatoms. The Balaban J connectivity index is 2.30. The van der Waals surface area contributed by atoms with Crippen LogP contribution in [0.2, 0.25) is 0 Å². The van der Waals surface area contributed by atoms with Crippen molar-refractivity contribution in [2.45, 2.75) is 18.4 Å². The molecule has 2 aromatic rings. The second kappa shape index (κ2) is 5.84. The molecule has 6 nitrogen and oxygen atoms in total. The van der Waals surface area contributed by atoms with Crippen molar-refractivity contribution >= 4 is 47.6 Å². The van der Waals surface area contributed by atoms with E-state index in [1.54, 1.807) is 18.3 Å². The highest BCUT2D eigenvalue weighted by atomic mass is 79.9. The molecule has 0 saturated carbocycles. The molecule has 4 N–H and O–H groups in total. The Kier molecular flexibility index (Phi) is 4.52. The van der Waals surface area contributed by atoms with Crippen molar-refractivity contribution < 1.29 is 8.42 Å². The van der Waals surface area contributed by atoms with E-state index < -0.39 is 10.0 Å². The van der Waals surface area contributed by atoms with Crippen LogP contribution in [0.4, 0.5) is 5.69 Å². The number of benzene rings is 1. The summed E-state index contributed by atoms with van der Waals surface area (Å²) in [7, 11) is -3.67. The van der Waals surface area contributed by atoms with E-state index in [1.807, 2.05) is 6.92 Å². The molecule has 108 valence electrons. The minimum absolute atomic E-state index is 0.118. The Morgan fingerprint density at radius 1 is 1.35 bits per heavy atom. The van der Waals surface area contributed by atoms with E-state index >= 15 is 0 Å². The molecule has 0 radical (unpaired) electrons.